The third-order valence-electron chi connectivity index (χ3n) is 4.66. The van der Waals surface area contributed by atoms with Crippen molar-refractivity contribution in [3.05, 3.63) is 52.2 Å². The number of aromatic nitrogens is 1. The Kier molecular flexibility index (Phi) is 4.20. The van der Waals surface area contributed by atoms with Crippen molar-refractivity contribution < 1.29 is 13.7 Å². The summed E-state index contributed by atoms with van der Waals surface area (Å²) in [4.78, 5) is 12.8. The van der Waals surface area contributed by atoms with Gasteiger partial charge in [0.1, 0.15) is 11.6 Å². The number of amides is 1. The highest BCUT2D eigenvalue weighted by atomic mass is 19.1. The summed E-state index contributed by atoms with van der Waals surface area (Å²) in [6.07, 6.45) is 2.28. The molecule has 2 aromatic rings. The predicted molar refractivity (Wildman–Crippen MR) is 84.6 cm³/mol. The van der Waals surface area contributed by atoms with E-state index in [0.717, 1.165) is 35.2 Å². The molecule has 122 valence electrons. The van der Waals surface area contributed by atoms with Gasteiger partial charge in [0.2, 0.25) is 5.91 Å². The normalized spacial score (nSPS) is 17.8. The van der Waals surface area contributed by atoms with Crippen molar-refractivity contribution in [2.45, 2.75) is 52.0 Å². The molecule has 0 saturated heterocycles. The molecule has 0 unspecified atom stereocenters. The monoisotopic (exact) mass is 316 g/mol. The van der Waals surface area contributed by atoms with E-state index in [9.17, 15) is 9.18 Å². The van der Waals surface area contributed by atoms with Gasteiger partial charge in [-0.25, -0.2) is 4.39 Å². The van der Waals surface area contributed by atoms with Crippen LogP contribution in [0, 0.1) is 19.7 Å². The van der Waals surface area contributed by atoms with Crippen molar-refractivity contribution in [1.29, 1.82) is 0 Å². The number of nitrogens with one attached hydrogen (secondary N) is 1. The minimum absolute atomic E-state index is 0.0240. The van der Waals surface area contributed by atoms with Crippen LogP contribution >= 0.6 is 0 Å². The zero-order valence-corrected chi connectivity index (χ0v) is 13.6. The SMILES string of the molecule is CC[C@@H](C(=O)N[C@@H]1CCc2cc(F)ccc21)c1c(C)noc1C. The van der Waals surface area contributed by atoms with Gasteiger partial charge in [-0.05, 0) is 56.4 Å². The van der Waals surface area contributed by atoms with Gasteiger partial charge in [0.25, 0.3) is 0 Å². The van der Waals surface area contributed by atoms with Crippen molar-refractivity contribution in [2.24, 2.45) is 0 Å². The fraction of sp³-hybridized carbons (Fsp3) is 0.444. The number of hydrogen-bond acceptors (Lipinski definition) is 3. The first kappa shape index (κ1) is 15.7. The zero-order valence-electron chi connectivity index (χ0n) is 13.6. The van der Waals surface area contributed by atoms with E-state index >= 15 is 0 Å². The van der Waals surface area contributed by atoms with Crippen LogP contribution in [0.3, 0.4) is 0 Å². The third kappa shape index (κ3) is 2.87. The molecule has 0 spiro atoms. The van der Waals surface area contributed by atoms with Gasteiger partial charge in [-0.3, -0.25) is 4.79 Å². The average Bonchev–Trinajstić information content (AvgIpc) is 3.05. The molecule has 4 nitrogen and oxygen atoms in total. The van der Waals surface area contributed by atoms with Gasteiger partial charge in [-0.15, -0.1) is 0 Å². The van der Waals surface area contributed by atoms with E-state index in [4.69, 9.17) is 4.52 Å². The van der Waals surface area contributed by atoms with Crippen LogP contribution in [0.1, 0.15) is 59.9 Å². The number of rotatable bonds is 4. The summed E-state index contributed by atoms with van der Waals surface area (Å²) < 4.78 is 18.5. The van der Waals surface area contributed by atoms with E-state index in [1.165, 1.54) is 6.07 Å². The Morgan fingerprint density at radius 1 is 1.48 bits per heavy atom. The van der Waals surface area contributed by atoms with Crippen LogP contribution in [0.15, 0.2) is 22.7 Å². The minimum Gasteiger partial charge on any atom is -0.361 e. The standard InChI is InChI=1S/C18H21FN2O2/c1-4-14(17-10(2)21-23-11(17)3)18(22)20-16-8-5-12-9-13(19)6-7-15(12)16/h6-7,9,14,16H,4-5,8H2,1-3H3,(H,20,22)/t14-,16-/m1/s1. The Morgan fingerprint density at radius 2 is 2.26 bits per heavy atom. The molecule has 0 bridgehead atoms. The van der Waals surface area contributed by atoms with Crippen molar-refractivity contribution >= 4 is 5.91 Å². The number of nitrogens with zero attached hydrogens (tertiary/aromatic N) is 1. The van der Waals surface area contributed by atoms with Crippen LogP contribution in [-0.2, 0) is 11.2 Å². The fourth-order valence-electron chi connectivity index (χ4n) is 3.52. The molecular formula is C18H21FN2O2. The highest BCUT2D eigenvalue weighted by Crippen LogP contribution is 2.33. The van der Waals surface area contributed by atoms with Crippen LogP contribution in [0.5, 0.6) is 0 Å². The lowest BCUT2D eigenvalue weighted by Crippen LogP contribution is -2.32. The molecule has 1 amide bonds. The first-order valence-electron chi connectivity index (χ1n) is 8.02. The lowest BCUT2D eigenvalue weighted by atomic mass is 9.93. The third-order valence-corrected chi connectivity index (χ3v) is 4.66. The van der Waals surface area contributed by atoms with Gasteiger partial charge in [0, 0.05) is 5.56 Å². The Bertz CT molecular complexity index is 719. The van der Waals surface area contributed by atoms with Crippen molar-refractivity contribution in [2.75, 3.05) is 0 Å². The number of hydrogen-bond donors (Lipinski definition) is 1. The summed E-state index contributed by atoms with van der Waals surface area (Å²) in [5, 5.41) is 7.07. The van der Waals surface area contributed by atoms with Crippen molar-refractivity contribution in [3.8, 4) is 0 Å². The molecule has 0 radical (unpaired) electrons. The second-order valence-corrected chi connectivity index (χ2v) is 6.14. The molecule has 0 fully saturated rings. The van der Waals surface area contributed by atoms with Crippen LogP contribution in [0.25, 0.3) is 0 Å². The Labute approximate surface area is 135 Å². The molecule has 1 aliphatic carbocycles. The first-order valence-corrected chi connectivity index (χ1v) is 8.02. The lowest BCUT2D eigenvalue weighted by Gasteiger charge is -2.19. The van der Waals surface area contributed by atoms with Crippen molar-refractivity contribution in [1.82, 2.24) is 10.5 Å². The number of carbonyl (C=O) groups excluding carboxylic acids is 1. The van der Waals surface area contributed by atoms with Crippen molar-refractivity contribution in [3.63, 3.8) is 0 Å². The molecule has 5 heteroatoms. The topological polar surface area (TPSA) is 55.1 Å². The maximum Gasteiger partial charge on any atom is 0.228 e. The van der Waals surface area contributed by atoms with E-state index in [-0.39, 0.29) is 23.7 Å². The number of halogens is 1. The summed E-state index contributed by atoms with van der Waals surface area (Å²) >= 11 is 0. The second kappa shape index (κ2) is 6.14. The first-order chi connectivity index (χ1) is 11.0. The highest BCUT2D eigenvalue weighted by molar-refractivity contribution is 5.84. The second-order valence-electron chi connectivity index (χ2n) is 6.14. The molecule has 23 heavy (non-hydrogen) atoms. The maximum atomic E-state index is 13.3. The summed E-state index contributed by atoms with van der Waals surface area (Å²) in [5.74, 6) is 0.172. The van der Waals surface area contributed by atoms with Crippen LogP contribution in [-0.4, -0.2) is 11.1 Å². The van der Waals surface area contributed by atoms with Crippen LogP contribution in [0.4, 0.5) is 4.39 Å². The molecule has 3 rings (SSSR count). The molecule has 0 saturated carbocycles. The van der Waals surface area contributed by atoms with Crippen LogP contribution < -0.4 is 5.32 Å². The highest BCUT2D eigenvalue weighted by Gasteiger charge is 2.30. The molecule has 1 aromatic carbocycles. The summed E-state index contributed by atoms with van der Waals surface area (Å²) in [6.45, 7) is 5.67. The number of aryl methyl sites for hydroxylation is 3. The van der Waals surface area contributed by atoms with E-state index in [1.54, 1.807) is 12.1 Å². The predicted octanol–water partition coefficient (Wildman–Crippen LogP) is 3.73. The number of carbonyl (C=O) groups is 1. The summed E-state index contributed by atoms with van der Waals surface area (Å²) in [5.41, 5.74) is 3.65. The van der Waals surface area contributed by atoms with Crippen LogP contribution in [0.2, 0.25) is 0 Å². The van der Waals surface area contributed by atoms with Gasteiger partial charge >= 0.3 is 0 Å². The minimum atomic E-state index is -0.272. The quantitative estimate of drug-likeness (QED) is 0.935. The molecule has 2 atom stereocenters. The smallest absolute Gasteiger partial charge is 0.228 e. The van der Waals surface area contributed by atoms with E-state index < -0.39 is 0 Å². The van der Waals surface area contributed by atoms with Gasteiger partial charge in [-0.1, -0.05) is 18.1 Å². The van der Waals surface area contributed by atoms with Gasteiger partial charge in [0.15, 0.2) is 0 Å². The molecular weight excluding hydrogens is 295 g/mol. The Morgan fingerprint density at radius 3 is 2.91 bits per heavy atom. The molecule has 1 N–H and O–H groups in total. The molecule has 1 aliphatic rings. The van der Waals surface area contributed by atoms with E-state index in [1.807, 2.05) is 20.8 Å². The van der Waals surface area contributed by atoms with Gasteiger partial charge < -0.3 is 9.84 Å². The zero-order chi connectivity index (χ0) is 16.6. The number of benzene rings is 1. The van der Waals surface area contributed by atoms with E-state index in [2.05, 4.69) is 10.5 Å². The van der Waals surface area contributed by atoms with Gasteiger partial charge in [-0.2, -0.15) is 0 Å². The van der Waals surface area contributed by atoms with Gasteiger partial charge in [0.05, 0.1) is 17.7 Å². The maximum absolute atomic E-state index is 13.3. The fourth-order valence-corrected chi connectivity index (χ4v) is 3.52. The molecule has 0 aliphatic heterocycles. The molecule has 1 aromatic heterocycles. The molecule has 1 heterocycles. The van der Waals surface area contributed by atoms with E-state index in [0.29, 0.717) is 12.2 Å². The lowest BCUT2D eigenvalue weighted by molar-refractivity contribution is -0.123. The largest absolute Gasteiger partial charge is 0.361 e. The Hall–Kier alpha value is -2.17. The number of fused-ring (bicyclic) bond motifs is 1. The summed E-state index contributed by atoms with van der Waals surface area (Å²) in [7, 11) is 0. The summed E-state index contributed by atoms with van der Waals surface area (Å²) in [6, 6.07) is 4.74. The Balaban J connectivity index is 1.80. The average molecular weight is 316 g/mol.